The fraction of sp³-hybridized carbons (Fsp3) is 0.222. The lowest BCUT2D eigenvalue weighted by Crippen LogP contribution is -2.11. The third kappa shape index (κ3) is 2.90. The Labute approximate surface area is 139 Å². The van der Waals surface area contributed by atoms with Gasteiger partial charge in [-0.15, -0.1) is 0 Å². The largest absolute Gasteiger partial charge is 0.494 e. The number of para-hydroxylation sites is 1. The van der Waals surface area contributed by atoms with Crippen LogP contribution < -0.4 is 20.8 Å². The number of nitrogens with one attached hydrogen (secondary N) is 1. The van der Waals surface area contributed by atoms with Gasteiger partial charge in [0.05, 0.1) is 24.7 Å². The Bertz CT molecular complexity index is 934. The molecule has 0 fully saturated rings. The first kappa shape index (κ1) is 15.9. The van der Waals surface area contributed by atoms with Gasteiger partial charge in [0.2, 0.25) is 0 Å². The maximum absolute atomic E-state index is 12.4. The van der Waals surface area contributed by atoms with Gasteiger partial charge in [0, 0.05) is 5.69 Å². The molecule has 0 aliphatic rings. The molecule has 0 spiro atoms. The number of H-pyrrole nitrogens is 1. The molecule has 1 aromatic heterocycles. The second-order valence-corrected chi connectivity index (χ2v) is 5.38. The van der Waals surface area contributed by atoms with E-state index in [9.17, 15) is 4.79 Å². The van der Waals surface area contributed by atoms with E-state index in [-0.39, 0.29) is 5.56 Å². The SMILES string of the molecule is CCCOc1ccc(N)cc1-c1nc2c(OC)cccc2c(=O)[nH]1. The first-order chi connectivity index (χ1) is 11.6. The molecule has 3 N–H and O–H groups in total. The third-order valence-electron chi connectivity index (χ3n) is 3.64. The van der Waals surface area contributed by atoms with Crippen LogP contribution in [0.15, 0.2) is 41.2 Å². The smallest absolute Gasteiger partial charge is 0.259 e. The van der Waals surface area contributed by atoms with Crippen LogP contribution in [0.1, 0.15) is 13.3 Å². The van der Waals surface area contributed by atoms with E-state index in [4.69, 9.17) is 15.2 Å². The standard InChI is InChI=1S/C18H19N3O3/c1-3-9-24-14-8-7-11(19)10-13(14)17-20-16-12(18(22)21-17)5-4-6-15(16)23-2/h4-8,10H,3,9,19H2,1-2H3,(H,20,21,22). The average Bonchev–Trinajstić information content (AvgIpc) is 2.60. The first-order valence-corrected chi connectivity index (χ1v) is 7.73. The van der Waals surface area contributed by atoms with Crippen molar-refractivity contribution in [3.8, 4) is 22.9 Å². The Kier molecular flexibility index (Phi) is 4.37. The Morgan fingerprint density at radius 3 is 2.79 bits per heavy atom. The highest BCUT2D eigenvalue weighted by Crippen LogP contribution is 2.31. The number of rotatable bonds is 5. The molecule has 124 valence electrons. The highest BCUT2D eigenvalue weighted by Gasteiger charge is 2.14. The van der Waals surface area contributed by atoms with Crippen molar-refractivity contribution in [2.45, 2.75) is 13.3 Å². The summed E-state index contributed by atoms with van der Waals surface area (Å²) >= 11 is 0. The number of nitrogens with two attached hydrogens (primary N) is 1. The lowest BCUT2D eigenvalue weighted by atomic mass is 10.1. The average molecular weight is 325 g/mol. The number of methoxy groups -OCH3 is 1. The van der Waals surface area contributed by atoms with Crippen LogP contribution in [0.5, 0.6) is 11.5 Å². The number of benzene rings is 2. The fourth-order valence-electron chi connectivity index (χ4n) is 2.50. The van der Waals surface area contributed by atoms with E-state index in [1.165, 1.54) is 0 Å². The van der Waals surface area contributed by atoms with Gasteiger partial charge >= 0.3 is 0 Å². The molecule has 0 radical (unpaired) electrons. The summed E-state index contributed by atoms with van der Waals surface area (Å²) in [6.07, 6.45) is 0.874. The van der Waals surface area contributed by atoms with Crippen LogP contribution in [-0.2, 0) is 0 Å². The second kappa shape index (κ2) is 6.62. The summed E-state index contributed by atoms with van der Waals surface area (Å²) in [6.45, 7) is 2.59. The first-order valence-electron chi connectivity index (χ1n) is 7.73. The van der Waals surface area contributed by atoms with Crippen molar-refractivity contribution >= 4 is 16.6 Å². The molecule has 24 heavy (non-hydrogen) atoms. The minimum absolute atomic E-state index is 0.238. The molecule has 6 nitrogen and oxygen atoms in total. The quantitative estimate of drug-likeness (QED) is 0.704. The minimum Gasteiger partial charge on any atom is -0.494 e. The molecule has 6 heteroatoms. The molecule has 2 aromatic carbocycles. The molecular weight excluding hydrogens is 306 g/mol. The number of nitrogens with zero attached hydrogens (tertiary/aromatic N) is 1. The highest BCUT2D eigenvalue weighted by atomic mass is 16.5. The van der Waals surface area contributed by atoms with Gasteiger partial charge in [-0.25, -0.2) is 4.98 Å². The van der Waals surface area contributed by atoms with Crippen LogP contribution in [0.25, 0.3) is 22.3 Å². The summed E-state index contributed by atoms with van der Waals surface area (Å²) in [5.74, 6) is 1.57. The lowest BCUT2D eigenvalue weighted by molar-refractivity contribution is 0.318. The van der Waals surface area contributed by atoms with E-state index in [0.717, 1.165) is 6.42 Å². The van der Waals surface area contributed by atoms with Crippen molar-refractivity contribution in [1.82, 2.24) is 9.97 Å². The molecule has 0 saturated heterocycles. The summed E-state index contributed by atoms with van der Waals surface area (Å²) < 4.78 is 11.1. The Morgan fingerprint density at radius 1 is 1.21 bits per heavy atom. The number of anilines is 1. The number of aromatic amines is 1. The van der Waals surface area contributed by atoms with Crippen LogP contribution >= 0.6 is 0 Å². The molecule has 0 bridgehead atoms. The van der Waals surface area contributed by atoms with Crippen LogP contribution in [0.3, 0.4) is 0 Å². The van der Waals surface area contributed by atoms with Gasteiger partial charge in [-0.3, -0.25) is 4.79 Å². The summed E-state index contributed by atoms with van der Waals surface area (Å²) in [4.78, 5) is 19.8. The predicted octanol–water partition coefficient (Wildman–Crippen LogP) is 2.97. The fourth-order valence-corrected chi connectivity index (χ4v) is 2.50. The Balaban J connectivity index is 2.23. The molecule has 0 aliphatic carbocycles. The summed E-state index contributed by atoms with van der Waals surface area (Å²) in [5.41, 5.74) is 7.38. The Hall–Kier alpha value is -3.02. The summed E-state index contributed by atoms with van der Waals surface area (Å²) in [7, 11) is 1.55. The van der Waals surface area contributed by atoms with Crippen molar-refractivity contribution in [1.29, 1.82) is 0 Å². The van der Waals surface area contributed by atoms with Gasteiger partial charge in [-0.1, -0.05) is 13.0 Å². The van der Waals surface area contributed by atoms with Gasteiger partial charge in [-0.2, -0.15) is 0 Å². The van der Waals surface area contributed by atoms with Crippen molar-refractivity contribution in [3.63, 3.8) is 0 Å². The summed E-state index contributed by atoms with van der Waals surface area (Å²) in [6, 6.07) is 10.5. The van der Waals surface area contributed by atoms with Crippen LogP contribution in [0, 0.1) is 0 Å². The van der Waals surface area contributed by atoms with E-state index in [2.05, 4.69) is 9.97 Å². The maximum atomic E-state index is 12.4. The van der Waals surface area contributed by atoms with Gasteiger partial charge in [0.25, 0.3) is 5.56 Å². The lowest BCUT2D eigenvalue weighted by Gasteiger charge is -2.12. The van der Waals surface area contributed by atoms with E-state index in [0.29, 0.717) is 46.1 Å². The monoisotopic (exact) mass is 325 g/mol. The molecule has 3 aromatic rings. The number of nitrogen functional groups attached to an aromatic ring is 1. The minimum atomic E-state index is -0.238. The van der Waals surface area contributed by atoms with Crippen molar-refractivity contribution in [3.05, 3.63) is 46.8 Å². The zero-order valence-electron chi connectivity index (χ0n) is 13.6. The van der Waals surface area contributed by atoms with Gasteiger partial charge in [-0.05, 0) is 36.8 Å². The molecule has 0 aliphatic heterocycles. The van der Waals surface area contributed by atoms with Crippen LogP contribution in [0.4, 0.5) is 5.69 Å². The van der Waals surface area contributed by atoms with Crippen molar-refractivity contribution in [2.75, 3.05) is 19.5 Å². The number of fused-ring (bicyclic) bond motifs is 1. The summed E-state index contributed by atoms with van der Waals surface area (Å²) in [5, 5.41) is 0.470. The number of ether oxygens (including phenoxy) is 2. The van der Waals surface area contributed by atoms with Crippen LogP contribution in [0.2, 0.25) is 0 Å². The zero-order valence-corrected chi connectivity index (χ0v) is 13.6. The zero-order chi connectivity index (χ0) is 17.1. The van der Waals surface area contributed by atoms with E-state index >= 15 is 0 Å². The third-order valence-corrected chi connectivity index (χ3v) is 3.64. The topological polar surface area (TPSA) is 90.2 Å². The molecular formula is C18H19N3O3. The number of hydrogen-bond donors (Lipinski definition) is 2. The molecule has 0 unspecified atom stereocenters. The second-order valence-electron chi connectivity index (χ2n) is 5.38. The number of hydrogen-bond acceptors (Lipinski definition) is 5. The van der Waals surface area contributed by atoms with Gasteiger partial charge in [0.15, 0.2) is 0 Å². The molecule has 0 atom stereocenters. The van der Waals surface area contributed by atoms with E-state index < -0.39 is 0 Å². The predicted molar refractivity (Wildman–Crippen MR) is 94.6 cm³/mol. The molecule has 0 amide bonds. The Morgan fingerprint density at radius 2 is 2.04 bits per heavy atom. The molecule has 1 heterocycles. The van der Waals surface area contributed by atoms with Crippen molar-refractivity contribution in [2.24, 2.45) is 0 Å². The highest BCUT2D eigenvalue weighted by molar-refractivity contribution is 5.85. The molecule has 3 rings (SSSR count). The normalized spacial score (nSPS) is 10.8. The van der Waals surface area contributed by atoms with E-state index in [1.807, 2.05) is 6.92 Å². The maximum Gasteiger partial charge on any atom is 0.259 e. The van der Waals surface area contributed by atoms with E-state index in [1.54, 1.807) is 43.5 Å². The van der Waals surface area contributed by atoms with Gasteiger partial charge < -0.3 is 20.2 Å². The molecule has 0 saturated carbocycles. The van der Waals surface area contributed by atoms with Gasteiger partial charge in [0.1, 0.15) is 22.8 Å². The van der Waals surface area contributed by atoms with Crippen molar-refractivity contribution < 1.29 is 9.47 Å². The number of aromatic nitrogens is 2. The van der Waals surface area contributed by atoms with Crippen LogP contribution in [-0.4, -0.2) is 23.7 Å².